The third-order valence-corrected chi connectivity index (χ3v) is 3.28. The zero-order valence-electron chi connectivity index (χ0n) is 12.8. The summed E-state index contributed by atoms with van der Waals surface area (Å²) in [5, 5.41) is 2.71. The molecule has 0 aliphatic heterocycles. The van der Waals surface area contributed by atoms with Crippen LogP contribution in [0.1, 0.15) is 33.6 Å². The first-order valence-corrected chi connectivity index (χ1v) is 8.25. The third-order valence-electron chi connectivity index (χ3n) is 2.48. The molecule has 0 atom stereocenters. The van der Waals surface area contributed by atoms with Gasteiger partial charge in [0, 0.05) is 26.3 Å². The lowest BCUT2D eigenvalue weighted by Crippen LogP contribution is -2.43. The van der Waals surface area contributed by atoms with E-state index in [2.05, 4.69) is 5.32 Å². The van der Waals surface area contributed by atoms with E-state index in [0.29, 0.717) is 24.0 Å². The first-order chi connectivity index (χ1) is 8.62. The van der Waals surface area contributed by atoms with Crippen molar-refractivity contribution in [1.82, 2.24) is 5.32 Å². The Morgan fingerprint density at radius 3 is 2.05 bits per heavy atom. The summed E-state index contributed by atoms with van der Waals surface area (Å²) in [4.78, 5) is 10.6. The van der Waals surface area contributed by atoms with E-state index in [4.69, 9.17) is 4.55 Å². The van der Waals surface area contributed by atoms with Crippen molar-refractivity contribution in [1.29, 1.82) is 0 Å². The van der Waals surface area contributed by atoms with Gasteiger partial charge in [-0.3, -0.25) is 9.35 Å². The minimum Gasteiger partial charge on any atom is -0.356 e. The second kappa shape index (κ2) is 10.2. The van der Waals surface area contributed by atoms with Crippen LogP contribution in [-0.2, 0) is 14.9 Å². The summed E-state index contributed by atoms with van der Waals surface area (Å²) in [6.45, 7) is 7.65. The van der Waals surface area contributed by atoms with Crippen molar-refractivity contribution in [3.05, 3.63) is 0 Å². The predicted molar refractivity (Wildman–Crippen MR) is 77.5 cm³/mol. The summed E-state index contributed by atoms with van der Waals surface area (Å²) < 4.78 is 30.4. The molecule has 0 unspecified atom stereocenters. The third kappa shape index (κ3) is 17.3. The molecule has 0 aliphatic rings. The van der Waals surface area contributed by atoms with Gasteiger partial charge in [-0.1, -0.05) is 13.8 Å². The van der Waals surface area contributed by atoms with Crippen LogP contribution < -0.4 is 5.32 Å². The van der Waals surface area contributed by atoms with Gasteiger partial charge in [0.2, 0.25) is 5.91 Å². The molecule has 0 rings (SSSR count). The highest BCUT2D eigenvalue weighted by Gasteiger charge is 2.16. The minimum absolute atomic E-state index is 0.0401. The maximum Gasteiger partial charge on any atom is 0.265 e. The Hall–Kier alpha value is -0.660. The van der Waals surface area contributed by atoms with Crippen molar-refractivity contribution in [2.45, 2.75) is 33.6 Å². The second-order valence-corrected chi connectivity index (χ2v) is 6.43. The maximum absolute atomic E-state index is 10.6. The van der Waals surface area contributed by atoms with Gasteiger partial charge in [0.25, 0.3) is 10.1 Å². The molecular formula is C12H29N2O4S+. The van der Waals surface area contributed by atoms with Crippen molar-refractivity contribution in [2.24, 2.45) is 0 Å². The van der Waals surface area contributed by atoms with Crippen LogP contribution in [0.5, 0.6) is 0 Å². The zero-order chi connectivity index (χ0) is 15.5. The lowest BCUT2D eigenvalue weighted by Gasteiger charge is -2.29. The first kappa shape index (κ1) is 20.7. The van der Waals surface area contributed by atoms with Crippen LogP contribution in [0, 0.1) is 0 Å². The number of carbonyl (C=O) groups excluding carboxylic acids is 1. The molecule has 0 heterocycles. The number of amides is 1. The number of rotatable bonds is 8. The van der Waals surface area contributed by atoms with E-state index in [1.165, 1.54) is 6.92 Å². The Morgan fingerprint density at radius 2 is 1.63 bits per heavy atom. The molecule has 0 saturated carbocycles. The molecule has 0 radical (unpaired) electrons. The summed E-state index contributed by atoms with van der Waals surface area (Å²) in [5.74, 6) is -0.234. The molecule has 0 aromatic carbocycles. The Kier molecular flexibility index (Phi) is 11.1. The van der Waals surface area contributed by atoms with Gasteiger partial charge in [0.1, 0.15) is 0 Å². The molecular weight excluding hydrogens is 268 g/mol. The minimum atomic E-state index is -3.85. The summed E-state index contributed by atoms with van der Waals surface area (Å²) in [6.07, 6.45) is 1.28. The molecule has 1 amide bonds. The molecule has 0 spiro atoms. The van der Waals surface area contributed by atoms with E-state index < -0.39 is 10.1 Å². The van der Waals surface area contributed by atoms with Crippen molar-refractivity contribution in [2.75, 3.05) is 39.5 Å². The normalized spacial score (nSPS) is 11.5. The molecule has 19 heavy (non-hydrogen) atoms. The first-order valence-electron chi connectivity index (χ1n) is 6.64. The van der Waals surface area contributed by atoms with Crippen molar-refractivity contribution < 1.29 is 22.2 Å². The maximum atomic E-state index is 10.6. The largest absolute Gasteiger partial charge is 0.356 e. The summed E-state index contributed by atoms with van der Waals surface area (Å²) in [6, 6.07) is 0. The summed E-state index contributed by atoms with van der Waals surface area (Å²) in [5.41, 5.74) is 0. The molecule has 0 aliphatic carbocycles. The number of nitrogens with one attached hydrogen (secondary N) is 1. The lowest BCUT2D eigenvalue weighted by molar-refractivity contribution is -0.890. The number of carbonyl (C=O) groups is 1. The summed E-state index contributed by atoms with van der Waals surface area (Å²) >= 11 is 0. The summed E-state index contributed by atoms with van der Waals surface area (Å²) in [7, 11) is 0.146. The van der Waals surface area contributed by atoms with Gasteiger partial charge in [0.05, 0.1) is 32.9 Å². The van der Waals surface area contributed by atoms with Gasteiger partial charge < -0.3 is 9.80 Å². The Bertz CT molecular complexity index is 340. The number of quaternary nitrogens is 1. The fourth-order valence-electron chi connectivity index (χ4n) is 1.56. The monoisotopic (exact) mass is 297 g/mol. The topological polar surface area (TPSA) is 83.5 Å². The molecule has 0 bridgehead atoms. The Labute approximate surface area is 117 Å². The number of nitrogens with zero attached hydrogens (tertiary/aromatic N) is 1. The number of hydrogen-bond donors (Lipinski definition) is 2. The zero-order valence-corrected chi connectivity index (χ0v) is 13.6. The van der Waals surface area contributed by atoms with Gasteiger partial charge in [0.15, 0.2) is 0 Å². The van der Waals surface area contributed by atoms with E-state index in [1.807, 2.05) is 27.9 Å². The van der Waals surface area contributed by atoms with Crippen LogP contribution in [0.2, 0.25) is 0 Å². The molecule has 2 N–H and O–H groups in total. The second-order valence-electron chi connectivity index (χ2n) is 4.86. The Balaban J connectivity index is 0. The molecule has 0 saturated heterocycles. The van der Waals surface area contributed by atoms with E-state index in [1.54, 1.807) is 0 Å². The highest BCUT2D eigenvalue weighted by Crippen LogP contribution is 2.02. The van der Waals surface area contributed by atoms with Crippen LogP contribution in [0.4, 0.5) is 0 Å². The van der Waals surface area contributed by atoms with E-state index >= 15 is 0 Å². The van der Waals surface area contributed by atoms with Crippen LogP contribution in [0.25, 0.3) is 0 Å². The smallest absolute Gasteiger partial charge is 0.265 e. The quantitative estimate of drug-likeness (QED) is 0.396. The fraction of sp³-hybridized carbons (Fsp3) is 0.917. The van der Waals surface area contributed by atoms with Crippen molar-refractivity contribution in [3.63, 3.8) is 0 Å². The van der Waals surface area contributed by atoms with E-state index in [9.17, 15) is 13.2 Å². The molecule has 7 heteroatoms. The van der Waals surface area contributed by atoms with Gasteiger partial charge in [-0.05, 0) is 0 Å². The van der Waals surface area contributed by atoms with Crippen LogP contribution in [0.15, 0.2) is 0 Å². The van der Waals surface area contributed by atoms with Crippen molar-refractivity contribution >= 4 is 16.0 Å². The highest BCUT2D eigenvalue weighted by atomic mass is 32.2. The van der Waals surface area contributed by atoms with E-state index in [0.717, 1.165) is 13.0 Å². The average Bonchev–Trinajstić information content (AvgIpc) is 2.25. The van der Waals surface area contributed by atoms with Gasteiger partial charge in [-0.2, -0.15) is 8.42 Å². The average molecular weight is 297 g/mol. The van der Waals surface area contributed by atoms with Gasteiger partial charge in [-0.15, -0.1) is 0 Å². The highest BCUT2D eigenvalue weighted by molar-refractivity contribution is 7.85. The molecule has 0 aromatic rings. The Morgan fingerprint density at radius 1 is 1.16 bits per heavy atom. The molecule has 0 aromatic heterocycles. The number of hydrogen-bond acceptors (Lipinski definition) is 3. The van der Waals surface area contributed by atoms with Crippen molar-refractivity contribution in [3.8, 4) is 0 Å². The standard InChI is InChI=1S/C10H22N2O4S.C2H6/c1-10(13)11-6-4-7-12(2,3)8-5-9-17(14,15)16;1-2/h4-9H2,1-3H3,(H-,11,13,14,15,16);1-2H3/p+1. The van der Waals surface area contributed by atoms with Crippen LogP contribution in [-0.4, -0.2) is 62.8 Å². The van der Waals surface area contributed by atoms with Gasteiger partial charge >= 0.3 is 0 Å². The molecule has 6 nitrogen and oxygen atoms in total. The van der Waals surface area contributed by atoms with Gasteiger partial charge in [-0.25, -0.2) is 0 Å². The van der Waals surface area contributed by atoms with E-state index in [-0.39, 0.29) is 11.7 Å². The lowest BCUT2D eigenvalue weighted by atomic mass is 10.3. The van der Waals surface area contributed by atoms with Crippen LogP contribution in [0.3, 0.4) is 0 Å². The fourth-order valence-corrected chi connectivity index (χ4v) is 2.05. The van der Waals surface area contributed by atoms with Crippen LogP contribution >= 0.6 is 0 Å². The predicted octanol–water partition coefficient (Wildman–Crippen LogP) is 0.893. The molecule has 0 fully saturated rings. The SMILES string of the molecule is CC.CC(=O)NCCC[N+](C)(C)CCCS(=O)(=O)O. The molecule has 116 valence electrons.